The van der Waals surface area contributed by atoms with Crippen molar-refractivity contribution < 1.29 is 8.60 Å². The number of imidazole rings is 1. The molecule has 0 saturated heterocycles. The van der Waals surface area contributed by atoms with Crippen molar-refractivity contribution in [3.05, 3.63) is 41.1 Å². The van der Waals surface area contributed by atoms with Crippen molar-refractivity contribution in [2.45, 2.75) is 11.8 Å². The maximum Gasteiger partial charge on any atom is 0.167 e. The van der Waals surface area contributed by atoms with Crippen LogP contribution in [-0.2, 0) is 10.8 Å². The zero-order valence-electron chi connectivity index (χ0n) is 12.6. The third-order valence-electron chi connectivity index (χ3n) is 3.36. The minimum atomic E-state index is -1.34. The molecule has 0 saturated carbocycles. The maximum atomic E-state index is 13.5. The minimum absolute atomic E-state index is 0.321. The van der Waals surface area contributed by atoms with Gasteiger partial charge < -0.3 is 5.32 Å². The number of nitrogens with one attached hydrogen (secondary N) is 1. The highest BCUT2D eigenvalue weighted by Gasteiger charge is 2.16. The summed E-state index contributed by atoms with van der Waals surface area (Å²) in [7, 11) is -1.34. The van der Waals surface area contributed by atoms with Crippen LogP contribution in [0.2, 0.25) is 5.15 Å². The molecule has 2 unspecified atom stereocenters. The molecule has 2 aromatic heterocycles. The quantitative estimate of drug-likeness (QED) is 0.320. The lowest BCUT2D eigenvalue weighted by Crippen LogP contribution is -2.00. The number of benzene rings is 1. The maximum absolute atomic E-state index is 13.5. The molecule has 3 aromatic rings. The van der Waals surface area contributed by atoms with Gasteiger partial charge in [0.25, 0.3) is 0 Å². The molecule has 0 aliphatic carbocycles. The Bertz CT molecular complexity index is 968. The van der Waals surface area contributed by atoms with Crippen LogP contribution in [0.15, 0.2) is 29.2 Å². The summed E-state index contributed by atoms with van der Waals surface area (Å²) < 4.78 is 27.3. The monoisotopic (exact) mass is 496 g/mol. The van der Waals surface area contributed by atoms with Crippen LogP contribution in [0.5, 0.6) is 0 Å². The van der Waals surface area contributed by atoms with Gasteiger partial charge in [0.2, 0.25) is 0 Å². The van der Waals surface area contributed by atoms with Crippen LogP contribution in [0.4, 0.5) is 15.8 Å². The third kappa shape index (κ3) is 3.42. The number of hydrogen-bond acceptors (Lipinski definition) is 4. The fraction of sp³-hybridized carbons (Fsp3) is 0.143. The molecule has 5 nitrogen and oxygen atoms in total. The second kappa shape index (κ2) is 7.19. The Morgan fingerprint density at radius 3 is 2.75 bits per heavy atom. The van der Waals surface area contributed by atoms with Crippen molar-refractivity contribution in [1.82, 2.24) is 14.3 Å². The largest absolute Gasteiger partial charge is 0.353 e. The summed E-state index contributed by atoms with van der Waals surface area (Å²) in [5.41, 5.74) is 2.53. The van der Waals surface area contributed by atoms with Gasteiger partial charge in [-0.05, 0) is 47.2 Å². The van der Waals surface area contributed by atoms with Gasteiger partial charge in [-0.1, -0.05) is 11.6 Å². The highest BCUT2D eigenvalue weighted by Crippen LogP contribution is 2.35. The molecule has 2 heterocycles. The second-order valence-corrected chi connectivity index (χ2v) is 8.76. The predicted molar refractivity (Wildman–Crippen MR) is 107 cm³/mol. The number of halogens is 3. The van der Waals surface area contributed by atoms with Crippen LogP contribution in [0, 0.1) is 12.7 Å². The molecule has 1 aromatic carbocycles. The van der Waals surface area contributed by atoms with Crippen molar-refractivity contribution in [3.8, 4) is 0 Å². The number of aryl methyl sites for hydroxylation is 1. The number of fused-ring (bicyclic) bond motifs is 1. The van der Waals surface area contributed by atoms with Gasteiger partial charge in [0.15, 0.2) is 5.65 Å². The predicted octanol–water partition coefficient (Wildman–Crippen LogP) is 4.80. The fourth-order valence-corrected chi connectivity index (χ4v) is 5.34. The second-order valence-electron chi connectivity index (χ2n) is 4.96. The van der Waals surface area contributed by atoms with E-state index in [4.69, 9.17) is 11.6 Å². The number of rotatable bonds is 4. The number of pyridine rings is 1. The number of anilines is 2. The lowest BCUT2D eigenvalue weighted by molar-refractivity contribution is 0.623. The molecule has 24 heavy (non-hydrogen) atoms. The van der Waals surface area contributed by atoms with E-state index < -0.39 is 16.6 Å². The molecule has 0 bridgehead atoms. The van der Waals surface area contributed by atoms with Crippen molar-refractivity contribution in [3.63, 3.8) is 0 Å². The fourth-order valence-electron chi connectivity index (χ4n) is 2.30. The van der Waals surface area contributed by atoms with Crippen LogP contribution in [-0.4, -0.2) is 24.8 Å². The van der Waals surface area contributed by atoms with Gasteiger partial charge in [-0.2, -0.15) is 0 Å². The molecule has 0 spiro atoms. The Morgan fingerprint density at radius 1 is 1.33 bits per heavy atom. The molecule has 2 atom stereocenters. The Morgan fingerprint density at radius 2 is 2.08 bits per heavy atom. The molecular formula is C14H12ClFIN4OPS. The molecule has 0 aliphatic heterocycles. The van der Waals surface area contributed by atoms with Crippen LogP contribution in [0.3, 0.4) is 0 Å². The molecule has 10 heteroatoms. The smallest absolute Gasteiger partial charge is 0.167 e. The normalized spacial score (nSPS) is 13.0. The van der Waals surface area contributed by atoms with Gasteiger partial charge in [-0.15, -0.1) is 0 Å². The summed E-state index contributed by atoms with van der Waals surface area (Å²) in [5, 5.41) is 3.49. The van der Waals surface area contributed by atoms with Crippen LogP contribution in [0.25, 0.3) is 11.2 Å². The van der Waals surface area contributed by atoms with E-state index in [1.54, 1.807) is 12.1 Å². The van der Waals surface area contributed by atoms with E-state index in [0.29, 0.717) is 39.0 Å². The van der Waals surface area contributed by atoms with E-state index in [9.17, 15) is 8.60 Å². The van der Waals surface area contributed by atoms with Gasteiger partial charge in [-0.25, -0.2) is 14.4 Å². The highest BCUT2D eigenvalue weighted by molar-refractivity contribution is 14.2. The zero-order chi connectivity index (χ0) is 17.4. The summed E-state index contributed by atoms with van der Waals surface area (Å²) in [6.07, 6.45) is 1.94. The van der Waals surface area contributed by atoms with Crippen molar-refractivity contribution in [2.75, 3.05) is 11.6 Å². The molecule has 3 rings (SSSR count). The van der Waals surface area contributed by atoms with Gasteiger partial charge in [0.1, 0.15) is 22.3 Å². The molecule has 0 amide bonds. The highest BCUT2D eigenvalue weighted by atomic mass is 127. The number of aromatic nitrogens is 3. The molecule has 0 fully saturated rings. The van der Waals surface area contributed by atoms with Crippen molar-refractivity contribution in [1.29, 1.82) is 0 Å². The molecule has 0 aliphatic rings. The van der Waals surface area contributed by atoms with Gasteiger partial charge in [-0.3, -0.25) is 8.55 Å². The van der Waals surface area contributed by atoms with Crippen molar-refractivity contribution >= 4 is 73.4 Å². The lowest BCUT2D eigenvalue weighted by Gasteiger charge is -2.11. The van der Waals surface area contributed by atoms with Crippen LogP contribution < -0.4 is 5.32 Å². The first-order valence-corrected chi connectivity index (χ1v) is 12.7. The average molecular weight is 497 g/mol. The molecule has 1 N–H and O–H groups in total. The van der Waals surface area contributed by atoms with Crippen LogP contribution in [0.1, 0.15) is 5.82 Å². The summed E-state index contributed by atoms with van der Waals surface area (Å²) in [5.74, 6) is 0.392. The summed E-state index contributed by atoms with van der Waals surface area (Å²) in [6.45, 7) is 1.90. The number of hydrogen-bond donors (Lipinski definition) is 1. The van der Waals surface area contributed by atoms with E-state index in [0.717, 1.165) is 5.82 Å². The number of nitrogens with zero attached hydrogens (tertiary/aromatic N) is 3. The van der Waals surface area contributed by atoms with E-state index >= 15 is 0 Å². The van der Waals surface area contributed by atoms with Crippen molar-refractivity contribution in [2.24, 2.45) is 0 Å². The van der Waals surface area contributed by atoms with E-state index in [1.807, 2.05) is 11.3 Å². The summed E-state index contributed by atoms with van der Waals surface area (Å²) >= 11 is 8.40. The third-order valence-corrected chi connectivity index (χ3v) is 6.66. The molecule has 126 valence electrons. The zero-order valence-corrected chi connectivity index (χ0v) is 17.3. The van der Waals surface area contributed by atoms with Crippen LogP contribution >= 0.6 is 40.0 Å². The Labute approximate surface area is 160 Å². The summed E-state index contributed by atoms with van der Waals surface area (Å²) in [4.78, 5) is 9.27. The Hall–Kier alpha value is -0.830. The SMILES string of the molecule is Cc1nc2c(Nc3ccc(F)cc3S(C)=O)cc(Cl)nc2n1PI. The molecular weight excluding hydrogens is 485 g/mol. The van der Waals surface area contributed by atoms with Gasteiger partial charge >= 0.3 is 0 Å². The van der Waals surface area contributed by atoms with Gasteiger partial charge in [0.05, 0.1) is 33.4 Å². The van der Waals surface area contributed by atoms with E-state index in [2.05, 4.69) is 37.3 Å². The van der Waals surface area contributed by atoms with E-state index in [1.165, 1.54) is 18.4 Å². The standard InChI is InChI=1S/C14H12ClFIN4OPS/c1-7-18-13-10(6-12(15)20-14(13)21(7)23-17)19-9-4-3-8(16)5-11(9)24(2)22/h3-6,23H,1-2H3,(H,19,20). The first-order valence-electron chi connectivity index (χ1n) is 6.73. The Balaban J connectivity index is 2.16. The van der Waals surface area contributed by atoms with Gasteiger partial charge in [0, 0.05) is 12.3 Å². The first kappa shape index (κ1) is 18.0. The first-order chi connectivity index (χ1) is 11.4. The molecule has 0 radical (unpaired) electrons. The topological polar surface area (TPSA) is 59.8 Å². The lowest BCUT2D eigenvalue weighted by atomic mass is 10.2. The average Bonchev–Trinajstić information content (AvgIpc) is 2.84. The summed E-state index contributed by atoms with van der Waals surface area (Å²) in [6, 6.07) is 5.78. The minimum Gasteiger partial charge on any atom is -0.353 e. The Kier molecular flexibility index (Phi) is 5.39. The van der Waals surface area contributed by atoms with E-state index in [-0.39, 0.29) is 0 Å².